The van der Waals surface area contributed by atoms with E-state index >= 15 is 0 Å². The minimum absolute atomic E-state index is 0.174. The number of sulfonamides is 1. The fourth-order valence-corrected chi connectivity index (χ4v) is 5.35. The molecule has 0 bridgehead atoms. The number of anilines is 1. The van der Waals surface area contributed by atoms with E-state index in [2.05, 4.69) is 19.2 Å². The highest BCUT2D eigenvalue weighted by molar-refractivity contribution is 7.89. The van der Waals surface area contributed by atoms with Crippen LogP contribution in [0.1, 0.15) is 33.1 Å². The van der Waals surface area contributed by atoms with Gasteiger partial charge in [-0.1, -0.05) is 13.8 Å². The van der Waals surface area contributed by atoms with Crippen LogP contribution in [-0.4, -0.2) is 44.4 Å². The Morgan fingerprint density at radius 2 is 1.80 bits per heavy atom. The number of nitrogens with zero attached hydrogens (tertiary/aromatic N) is 1. The van der Waals surface area contributed by atoms with Gasteiger partial charge >= 0.3 is 0 Å². The fourth-order valence-electron chi connectivity index (χ4n) is 3.67. The van der Waals surface area contributed by atoms with E-state index in [0.29, 0.717) is 37.2 Å². The molecule has 0 aliphatic carbocycles. The normalized spacial score (nSPS) is 28.0. The average molecular weight is 366 g/mol. The summed E-state index contributed by atoms with van der Waals surface area (Å²) in [5.74, 6) is 0.554. The van der Waals surface area contributed by atoms with E-state index < -0.39 is 16.1 Å². The molecule has 3 atom stereocenters. The van der Waals surface area contributed by atoms with Crippen LogP contribution in [0.2, 0.25) is 0 Å². The second-order valence-corrected chi connectivity index (χ2v) is 9.22. The van der Waals surface area contributed by atoms with Gasteiger partial charge in [-0.3, -0.25) is 4.79 Å². The first-order valence-electron chi connectivity index (χ1n) is 8.89. The summed E-state index contributed by atoms with van der Waals surface area (Å²) in [5, 5.41) is 2.78. The van der Waals surface area contributed by atoms with Crippen molar-refractivity contribution in [2.75, 3.05) is 25.0 Å². The maximum absolute atomic E-state index is 12.8. The number of piperidine rings is 1. The van der Waals surface area contributed by atoms with Gasteiger partial charge in [-0.15, -0.1) is 0 Å². The van der Waals surface area contributed by atoms with Gasteiger partial charge < -0.3 is 10.1 Å². The molecule has 1 N–H and O–H groups in total. The van der Waals surface area contributed by atoms with Crippen LogP contribution in [0.4, 0.5) is 5.69 Å². The lowest BCUT2D eigenvalue weighted by Gasteiger charge is -2.34. The molecule has 2 heterocycles. The topological polar surface area (TPSA) is 75.7 Å². The van der Waals surface area contributed by atoms with Crippen LogP contribution in [0, 0.1) is 11.8 Å². The second-order valence-electron chi connectivity index (χ2n) is 7.28. The van der Waals surface area contributed by atoms with Crippen LogP contribution in [-0.2, 0) is 19.6 Å². The predicted octanol–water partition coefficient (Wildman–Crippen LogP) is 2.47. The molecule has 7 heteroatoms. The molecule has 0 radical (unpaired) electrons. The molecule has 138 valence electrons. The van der Waals surface area contributed by atoms with E-state index in [1.165, 1.54) is 0 Å². The lowest BCUT2D eigenvalue weighted by Crippen LogP contribution is -2.42. The Hall–Kier alpha value is -1.44. The molecule has 2 aliphatic rings. The van der Waals surface area contributed by atoms with Crippen LogP contribution in [0.25, 0.3) is 0 Å². The van der Waals surface area contributed by atoms with Gasteiger partial charge in [0.2, 0.25) is 10.0 Å². The molecule has 1 aromatic carbocycles. The van der Waals surface area contributed by atoms with Gasteiger partial charge in [0.05, 0.1) is 4.90 Å². The third-order valence-electron chi connectivity index (χ3n) is 4.82. The second kappa shape index (κ2) is 7.43. The van der Waals surface area contributed by atoms with Crippen molar-refractivity contribution in [2.24, 2.45) is 11.8 Å². The molecule has 3 rings (SSSR count). The minimum atomic E-state index is -3.49. The number of amides is 1. The molecule has 0 spiro atoms. The molecule has 0 unspecified atom stereocenters. The van der Waals surface area contributed by atoms with Gasteiger partial charge in [-0.2, -0.15) is 4.31 Å². The molecule has 1 amide bonds. The van der Waals surface area contributed by atoms with Gasteiger partial charge in [0.15, 0.2) is 0 Å². The number of carbonyl (C=O) groups is 1. The van der Waals surface area contributed by atoms with E-state index in [-0.39, 0.29) is 10.8 Å². The average Bonchev–Trinajstić information content (AvgIpc) is 3.09. The summed E-state index contributed by atoms with van der Waals surface area (Å²) in [6.45, 7) is 5.90. The van der Waals surface area contributed by atoms with Crippen molar-refractivity contribution in [3.05, 3.63) is 24.3 Å². The van der Waals surface area contributed by atoms with Crippen molar-refractivity contribution < 1.29 is 17.9 Å². The molecular weight excluding hydrogens is 340 g/mol. The molecule has 2 saturated heterocycles. The lowest BCUT2D eigenvalue weighted by molar-refractivity contribution is -0.124. The Kier molecular flexibility index (Phi) is 5.46. The molecule has 0 saturated carbocycles. The monoisotopic (exact) mass is 366 g/mol. The number of ether oxygens (including phenoxy) is 1. The summed E-state index contributed by atoms with van der Waals surface area (Å²) in [6, 6.07) is 6.39. The number of benzene rings is 1. The smallest absolute Gasteiger partial charge is 0.253 e. The summed E-state index contributed by atoms with van der Waals surface area (Å²) in [5.41, 5.74) is 0.583. The van der Waals surface area contributed by atoms with Crippen molar-refractivity contribution in [2.45, 2.75) is 44.1 Å². The van der Waals surface area contributed by atoms with Gasteiger partial charge in [0.25, 0.3) is 5.91 Å². The van der Waals surface area contributed by atoms with Crippen LogP contribution in [0.15, 0.2) is 29.2 Å². The third kappa shape index (κ3) is 4.22. The molecule has 6 nitrogen and oxygen atoms in total. The van der Waals surface area contributed by atoms with Crippen LogP contribution in [0.3, 0.4) is 0 Å². The van der Waals surface area contributed by atoms with E-state index in [4.69, 9.17) is 4.74 Å². The predicted molar refractivity (Wildman–Crippen MR) is 95.7 cm³/mol. The van der Waals surface area contributed by atoms with Gasteiger partial charge in [-0.25, -0.2) is 8.42 Å². The quantitative estimate of drug-likeness (QED) is 0.888. The molecule has 2 aliphatic heterocycles. The number of hydrogen-bond acceptors (Lipinski definition) is 4. The van der Waals surface area contributed by atoms with E-state index in [9.17, 15) is 13.2 Å². The Labute approximate surface area is 149 Å². The van der Waals surface area contributed by atoms with Crippen LogP contribution < -0.4 is 5.32 Å². The highest BCUT2D eigenvalue weighted by Crippen LogP contribution is 2.27. The first-order valence-corrected chi connectivity index (χ1v) is 10.3. The van der Waals surface area contributed by atoms with Gasteiger partial charge in [0.1, 0.15) is 6.10 Å². The van der Waals surface area contributed by atoms with Gasteiger partial charge in [0, 0.05) is 25.4 Å². The van der Waals surface area contributed by atoms with Crippen molar-refractivity contribution in [1.82, 2.24) is 4.31 Å². The first-order chi connectivity index (χ1) is 11.9. The van der Waals surface area contributed by atoms with Crippen molar-refractivity contribution in [3.8, 4) is 0 Å². The Balaban J connectivity index is 1.69. The van der Waals surface area contributed by atoms with Crippen molar-refractivity contribution in [1.29, 1.82) is 0 Å². The zero-order valence-electron chi connectivity index (χ0n) is 14.8. The standard InChI is InChI=1S/C18H26N2O4S/c1-13-10-14(2)12-20(11-13)25(22,23)16-7-5-15(6-8-16)19-18(21)17-4-3-9-24-17/h5-8,13-14,17H,3-4,9-12H2,1-2H3,(H,19,21)/t13-,14+,17-/m0/s1. The highest BCUT2D eigenvalue weighted by Gasteiger charge is 2.31. The van der Waals surface area contributed by atoms with Crippen LogP contribution in [0.5, 0.6) is 0 Å². The van der Waals surface area contributed by atoms with Crippen molar-refractivity contribution in [3.63, 3.8) is 0 Å². The fraction of sp³-hybridized carbons (Fsp3) is 0.611. The Morgan fingerprint density at radius 3 is 2.36 bits per heavy atom. The van der Waals surface area contributed by atoms with E-state index in [1.54, 1.807) is 28.6 Å². The summed E-state index contributed by atoms with van der Waals surface area (Å²) < 4.78 is 32.6. The Bertz CT molecular complexity index is 701. The van der Waals surface area contributed by atoms with E-state index in [1.807, 2.05) is 0 Å². The van der Waals surface area contributed by atoms with E-state index in [0.717, 1.165) is 19.3 Å². The SMILES string of the molecule is C[C@@H]1C[C@H](C)CN(S(=O)(=O)c2ccc(NC(=O)[C@@H]3CCCO3)cc2)C1. The van der Waals surface area contributed by atoms with Crippen LogP contribution >= 0.6 is 0 Å². The zero-order chi connectivity index (χ0) is 18.0. The summed E-state index contributed by atoms with van der Waals surface area (Å²) in [4.78, 5) is 12.3. The number of hydrogen-bond donors (Lipinski definition) is 1. The molecular formula is C18H26N2O4S. The maximum atomic E-state index is 12.8. The first kappa shape index (κ1) is 18.4. The highest BCUT2D eigenvalue weighted by atomic mass is 32.2. The zero-order valence-corrected chi connectivity index (χ0v) is 15.6. The minimum Gasteiger partial charge on any atom is -0.368 e. The largest absolute Gasteiger partial charge is 0.368 e. The van der Waals surface area contributed by atoms with Crippen molar-refractivity contribution >= 4 is 21.6 Å². The lowest BCUT2D eigenvalue weighted by atomic mass is 9.94. The maximum Gasteiger partial charge on any atom is 0.253 e. The molecule has 2 fully saturated rings. The summed E-state index contributed by atoms with van der Waals surface area (Å²) in [6.07, 6.45) is 2.27. The summed E-state index contributed by atoms with van der Waals surface area (Å²) in [7, 11) is -3.49. The molecule has 25 heavy (non-hydrogen) atoms. The number of rotatable bonds is 4. The van der Waals surface area contributed by atoms with Gasteiger partial charge in [-0.05, 0) is 55.4 Å². The molecule has 0 aromatic heterocycles. The number of carbonyl (C=O) groups excluding carboxylic acids is 1. The number of nitrogens with one attached hydrogen (secondary N) is 1. The summed E-state index contributed by atoms with van der Waals surface area (Å²) >= 11 is 0. The Morgan fingerprint density at radius 1 is 1.16 bits per heavy atom. The molecule has 1 aromatic rings. The third-order valence-corrected chi connectivity index (χ3v) is 6.66.